The first-order valence-corrected chi connectivity index (χ1v) is 8.80. The van der Waals surface area contributed by atoms with Crippen LogP contribution in [0.2, 0.25) is 0 Å². The van der Waals surface area contributed by atoms with Crippen molar-refractivity contribution < 1.29 is 24.6 Å². The molecular formula is C20H22N4O5. The first-order valence-electron chi connectivity index (χ1n) is 8.80. The van der Waals surface area contributed by atoms with Crippen LogP contribution in [0.4, 0.5) is 11.4 Å². The van der Waals surface area contributed by atoms with Gasteiger partial charge in [0.15, 0.2) is 5.96 Å². The Balaban J connectivity index is 2.61. The van der Waals surface area contributed by atoms with Crippen molar-refractivity contribution in [3.63, 3.8) is 0 Å². The monoisotopic (exact) mass is 398 g/mol. The molecule has 9 nitrogen and oxygen atoms in total. The lowest BCUT2D eigenvalue weighted by Gasteiger charge is -2.18. The highest BCUT2D eigenvalue weighted by atomic mass is 16.4. The fourth-order valence-corrected chi connectivity index (χ4v) is 3.04. The van der Waals surface area contributed by atoms with Crippen LogP contribution in [0.1, 0.15) is 24.0 Å². The summed E-state index contributed by atoms with van der Waals surface area (Å²) in [5, 5.41) is 20.7. The van der Waals surface area contributed by atoms with Gasteiger partial charge < -0.3 is 27.0 Å². The minimum atomic E-state index is -0.994. The highest BCUT2D eigenvalue weighted by Gasteiger charge is 2.17. The molecule has 2 rings (SSSR count). The van der Waals surface area contributed by atoms with Crippen molar-refractivity contribution in [2.24, 2.45) is 16.5 Å². The molecule has 0 saturated carbocycles. The first-order chi connectivity index (χ1) is 13.8. The molecule has 0 spiro atoms. The lowest BCUT2D eigenvalue weighted by Crippen LogP contribution is -2.21. The summed E-state index contributed by atoms with van der Waals surface area (Å²) in [5.74, 6) is -2.06. The van der Waals surface area contributed by atoms with Crippen LogP contribution in [0.5, 0.6) is 0 Å². The van der Waals surface area contributed by atoms with Gasteiger partial charge in [0.2, 0.25) is 6.41 Å². The molecule has 29 heavy (non-hydrogen) atoms. The second-order valence-corrected chi connectivity index (χ2v) is 6.26. The van der Waals surface area contributed by atoms with Crippen LogP contribution in [0.3, 0.4) is 0 Å². The number of aliphatic carboxylic acids is 2. The molecule has 1 amide bonds. The number of anilines is 1. The van der Waals surface area contributed by atoms with Gasteiger partial charge in [-0.1, -0.05) is 24.3 Å². The van der Waals surface area contributed by atoms with Crippen LogP contribution in [-0.4, -0.2) is 34.5 Å². The van der Waals surface area contributed by atoms with Gasteiger partial charge in [0.25, 0.3) is 0 Å². The summed E-state index contributed by atoms with van der Waals surface area (Å²) in [7, 11) is 0. The largest absolute Gasteiger partial charge is 0.481 e. The fraction of sp³-hybridized carbons (Fsp3) is 0.200. The van der Waals surface area contributed by atoms with Crippen LogP contribution in [0.15, 0.2) is 41.4 Å². The Morgan fingerprint density at radius 3 is 2.34 bits per heavy atom. The van der Waals surface area contributed by atoms with E-state index in [9.17, 15) is 14.4 Å². The molecule has 7 N–H and O–H groups in total. The predicted octanol–water partition coefficient (Wildman–Crippen LogP) is 1.86. The lowest BCUT2D eigenvalue weighted by molar-refractivity contribution is -0.138. The van der Waals surface area contributed by atoms with Gasteiger partial charge >= 0.3 is 11.9 Å². The fourth-order valence-electron chi connectivity index (χ4n) is 3.04. The summed E-state index contributed by atoms with van der Waals surface area (Å²) < 4.78 is 0. The number of rotatable bonds is 10. The van der Waals surface area contributed by atoms with Crippen molar-refractivity contribution >= 4 is 35.7 Å². The summed E-state index contributed by atoms with van der Waals surface area (Å²) in [5.41, 5.74) is 14.4. The minimum Gasteiger partial charge on any atom is -0.481 e. The molecule has 0 fully saturated rings. The van der Waals surface area contributed by atoms with Crippen LogP contribution < -0.4 is 16.8 Å². The number of amides is 1. The van der Waals surface area contributed by atoms with Crippen molar-refractivity contribution in [2.45, 2.75) is 25.7 Å². The van der Waals surface area contributed by atoms with Gasteiger partial charge in [-0.05, 0) is 41.7 Å². The van der Waals surface area contributed by atoms with E-state index in [4.69, 9.17) is 21.7 Å². The highest BCUT2D eigenvalue weighted by molar-refractivity contribution is 5.89. The molecule has 152 valence electrons. The standard InChI is InChI=1S/C20H22N4O5/c21-20(22)24-14-3-1-2-13(10-14)16-6-4-12(5-8-17(26)27)15(7-9-18(28)29)19(16)23-11-25/h1-4,6,10-11H,5,7-9H2,(H,23,25)(H,26,27)(H,28,29)(H4,21,22,24). The third-order valence-corrected chi connectivity index (χ3v) is 4.23. The Morgan fingerprint density at radius 2 is 1.72 bits per heavy atom. The molecule has 0 unspecified atom stereocenters. The van der Waals surface area contributed by atoms with Gasteiger partial charge in [0.1, 0.15) is 0 Å². The number of carbonyl (C=O) groups excluding carboxylic acids is 1. The number of hydrogen-bond donors (Lipinski definition) is 5. The van der Waals surface area contributed by atoms with Crippen molar-refractivity contribution in [2.75, 3.05) is 5.32 Å². The molecule has 2 aromatic rings. The Labute approximate surface area is 167 Å². The molecule has 0 aliphatic carbocycles. The second kappa shape index (κ2) is 9.88. The Bertz CT molecular complexity index is 952. The third-order valence-electron chi connectivity index (χ3n) is 4.23. The molecule has 0 heterocycles. The number of nitrogens with zero attached hydrogens (tertiary/aromatic N) is 1. The number of aliphatic imine (C=N–C) groups is 1. The lowest BCUT2D eigenvalue weighted by atomic mass is 9.91. The third kappa shape index (κ3) is 6.06. The predicted molar refractivity (Wildman–Crippen MR) is 109 cm³/mol. The number of nitrogens with one attached hydrogen (secondary N) is 1. The normalized spacial score (nSPS) is 10.2. The van der Waals surface area contributed by atoms with E-state index in [2.05, 4.69) is 10.3 Å². The van der Waals surface area contributed by atoms with Crippen LogP contribution in [0, 0.1) is 0 Å². The smallest absolute Gasteiger partial charge is 0.303 e. The minimum absolute atomic E-state index is 0.0976. The molecule has 0 bridgehead atoms. The maximum Gasteiger partial charge on any atom is 0.303 e. The topological polar surface area (TPSA) is 168 Å². The number of carboxylic acid groups (broad SMARTS) is 2. The summed E-state index contributed by atoms with van der Waals surface area (Å²) >= 11 is 0. The molecule has 0 aliphatic rings. The number of carbonyl (C=O) groups is 3. The van der Waals surface area contributed by atoms with E-state index in [-0.39, 0.29) is 31.6 Å². The summed E-state index contributed by atoms with van der Waals surface area (Å²) in [6, 6.07) is 10.5. The maximum absolute atomic E-state index is 11.3. The van der Waals surface area contributed by atoms with Gasteiger partial charge in [-0.15, -0.1) is 0 Å². The van der Waals surface area contributed by atoms with E-state index in [1.54, 1.807) is 36.4 Å². The van der Waals surface area contributed by atoms with E-state index in [0.717, 1.165) is 0 Å². The molecule has 0 aromatic heterocycles. The maximum atomic E-state index is 11.3. The Kier molecular flexibility index (Phi) is 7.30. The van der Waals surface area contributed by atoms with Crippen molar-refractivity contribution in [3.05, 3.63) is 47.5 Å². The number of hydrogen-bond acceptors (Lipinski definition) is 4. The molecule has 0 radical (unpaired) electrons. The van der Waals surface area contributed by atoms with Crippen LogP contribution >= 0.6 is 0 Å². The molecule has 0 atom stereocenters. The molecule has 0 aliphatic heterocycles. The average Bonchev–Trinajstić information content (AvgIpc) is 2.65. The number of aryl methyl sites for hydroxylation is 1. The molecule has 2 aromatic carbocycles. The van der Waals surface area contributed by atoms with Crippen molar-refractivity contribution in [3.8, 4) is 11.1 Å². The number of benzene rings is 2. The molecule has 9 heteroatoms. The zero-order valence-electron chi connectivity index (χ0n) is 15.6. The Morgan fingerprint density at radius 1 is 1.03 bits per heavy atom. The van der Waals surface area contributed by atoms with Gasteiger partial charge in [-0.3, -0.25) is 14.4 Å². The van der Waals surface area contributed by atoms with Crippen LogP contribution in [-0.2, 0) is 27.2 Å². The van der Waals surface area contributed by atoms with Gasteiger partial charge in [0.05, 0.1) is 11.4 Å². The molecular weight excluding hydrogens is 376 g/mol. The quantitative estimate of drug-likeness (QED) is 0.231. The summed E-state index contributed by atoms with van der Waals surface area (Å²) in [6.45, 7) is 0. The summed E-state index contributed by atoms with van der Waals surface area (Å²) in [6.07, 6.45) is 0.586. The van der Waals surface area contributed by atoms with E-state index < -0.39 is 11.9 Å². The van der Waals surface area contributed by atoms with Crippen LogP contribution in [0.25, 0.3) is 11.1 Å². The average molecular weight is 398 g/mol. The second-order valence-electron chi connectivity index (χ2n) is 6.26. The zero-order valence-corrected chi connectivity index (χ0v) is 15.6. The van der Waals surface area contributed by atoms with Crippen molar-refractivity contribution in [1.29, 1.82) is 0 Å². The number of carboxylic acids is 2. The van der Waals surface area contributed by atoms with Gasteiger partial charge in [0, 0.05) is 18.4 Å². The first kappa shape index (κ1) is 21.4. The number of guanidine groups is 1. The SMILES string of the molecule is NC(N)=Nc1cccc(-c2ccc(CCC(=O)O)c(CCC(=O)O)c2NC=O)c1. The molecule has 0 saturated heterocycles. The van der Waals surface area contributed by atoms with Crippen molar-refractivity contribution in [1.82, 2.24) is 0 Å². The van der Waals surface area contributed by atoms with E-state index in [0.29, 0.717) is 40.0 Å². The zero-order chi connectivity index (χ0) is 21.4. The Hall–Kier alpha value is -3.88. The number of nitrogens with two attached hydrogens (primary N) is 2. The summed E-state index contributed by atoms with van der Waals surface area (Å²) in [4.78, 5) is 37.3. The van der Waals surface area contributed by atoms with E-state index in [1.165, 1.54) is 0 Å². The van der Waals surface area contributed by atoms with Gasteiger partial charge in [-0.25, -0.2) is 4.99 Å². The van der Waals surface area contributed by atoms with E-state index >= 15 is 0 Å². The van der Waals surface area contributed by atoms with E-state index in [1.807, 2.05) is 0 Å². The van der Waals surface area contributed by atoms with Gasteiger partial charge in [-0.2, -0.15) is 0 Å². The highest BCUT2D eigenvalue weighted by Crippen LogP contribution is 2.36.